The molecule has 0 aliphatic carbocycles. The van der Waals surface area contributed by atoms with E-state index in [0.717, 1.165) is 0 Å². The topological polar surface area (TPSA) is 29.3 Å². The van der Waals surface area contributed by atoms with Crippen LogP contribution in [0.3, 0.4) is 0 Å². The van der Waals surface area contributed by atoms with Gasteiger partial charge in [0, 0.05) is 12.6 Å². The monoisotopic (exact) mass is 264 g/mol. The van der Waals surface area contributed by atoms with Crippen LogP contribution in [0.2, 0.25) is 0 Å². The van der Waals surface area contributed by atoms with Crippen LogP contribution in [0.1, 0.15) is 18.5 Å². The molecule has 0 spiro atoms. The number of rotatable bonds is 5. The quantitative estimate of drug-likeness (QED) is 0.828. The number of nitrogens with zero attached hydrogens (tertiary/aromatic N) is 1. The average Bonchev–Trinajstić information content (AvgIpc) is 2.27. The highest BCUT2D eigenvalue weighted by Gasteiger charge is 2.30. The molecule has 0 saturated heterocycles. The fourth-order valence-corrected chi connectivity index (χ4v) is 1.65. The molecule has 102 valence electrons. The van der Waals surface area contributed by atoms with Crippen LogP contribution in [-0.4, -0.2) is 30.7 Å². The molecule has 1 aromatic rings. The van der Waals surface area contributed by atoms with Gasteiger partial charge in [0.2, 0.25) is 0 Å². The number of hydrogen-bond acceptors (Lipinski definition) is 2. The summed E-state index contributed by atoms with van der Waals surface area (Å²) in [4.78, 5) is 1.22. The molecular formula is C12H16F4N2. The molecule has 0 fully saturated rings. The lowest BCUT2D eigenvalue weighted by Crippen LogP contribution is -2.38. The first-order chi connectivity index (χ1) is 8.31. The van der Waals surface area contributed by atoms with Crippen molar-refractivity contribution in [2.75, 3.05) is 19.6 Å². The van der Waals surface area contributed by atoms with E-state index >= 15 is 0 Å². The lowest BCUT2D eigenvalue weighted by molar-refractivity contribution is -0.145. The standard InChI is InChI=1S/C12H16F4N2/c1-2-18(8-12(14,15)16)7-11(17)9-3-5-10(13)6-4-9/h3-6,11H,2,7-8,17H2,1H3. The van der Waals surface area contributed by atoms with Crippen LogP contribution in [0, 0.1) is 5.82 Å². The Morgan fingerprint density at radius 3 is 2.22 bits per heavy atom. The molecule has 0 aliphatic heterocycles. The minimum atomic E-state index is -4.24. The van der Waals surface area contributed by atoms with Crippen molar-refractivity contribution < 1.29 is 17.6 Å². The molecule has 0 aliphatic rings. The van der Waals surface area contributed by atoms with E-state index in [1.807, 2.05) is 0 Å². The smallest absolute Gasteiger partial charge is 0.323 e. The van der Waals surface area contributed by atoms with E-state index in [1.54, 1.807) is 6.92 Å². The molecule has 1 unspecified atom stereocenters. The lowest BCUT2D eigenvalue weighted by Gasteiger charge is -2.25. The van der Waals surface area contributed by atoms with Crippen LogP contribution >= 0.6 is 0 Å². The van der Waals surface area contributed by atoms with Crippen molar-refractivity contribution in [1.29, 1.82) is 0 Å². The largest absolute Gasteiger partial charge is 0.401 e. The second-order valence-corrected chi connectivity index (χ2v) is 4.10. The van der Waals surface area contributed by atoms with Gasteiger partial charge in [-0.2, -0.15) is 13.2 Å². The van der Waals surface area contributed by atoms with Crippen LogP contribution in [0.4, 0.5) is 17.6 Å². The van der Waals surface area contributed by atoms with Gasteiger partial charge in [0.1, 0.15) is 5.82 Å². The van der Waals surface area contributed by atoms with E-state index in [1.165, 1.54) is 29.2 Å². The van der Waals surface area contributed by atoms with Gasteiger partial charge in [0.15, 0.2) is 0 Å². The Kier molecular flexibility index (Phi) is 5.10. The van der Waals surface area contributed by atoms with Gasteiger partial charge in [-0.1, -0.05) is 19.1 Å². The summed E-state index contributed by atoms with van der Waals surface area (Å²) >= 11 is 0. The van der Waals surface area contributed by atoms with Crippen molar-refractivity contribution in [3.05, 3.63) is 35.6 Å². The minimum absolute atomic E-state index is 0.0850. The fraction of sp³-hybridized carbons (Fsp3) is 0.500. The number of nitrogens with two attached hydrogens (primary N) is 1. The number of alkyl halides is 3. The molecule has 1 rings (SSSR count). The van der Waals surface area contributed by atoms with E-state index in [-0.39, 0.29) is 13.1 Å². The molecule has 2 N–H and O–H groups in total. The maximum atomic E-state index is 12.7. The molecule has 1 aromatic carbocycles. The van der Waals surface area contributed by atoms with Gasteiger partial charge in [0.25, 0.3) is 0 Å². The molecule has 0 radical (unpaired) electrons. The van der Waals surface area contributed by atoms with Crippen molar-refractivity contribution in [2.24, 2.45) is 5.73 Å². The van der Waals surface area contributed by atoms with Crippen molar-refractivity contribution in [1.82, 2.24) is 4.90 Å². The average molecular weight is 264 g/mol. The van der Waals surface area contributed by atoms with Crippen molar-refractivity contribution in [3.63, 3.8) is 0 Å². The summed E-state index contributed by atoms with van der Waals surface area (Å²) in [5.41, 5.74) is 6.43. The number of hydrogen-bond donors (Lipinski definition) is 1. The molecule has 0 bridgehead atoms. The van der Waals surface area contributed by atoms with Crippen molar-refractivity contribution >= 4 is 0 Å². The van der Waals surface area contributed by atoms with Crippen LogP contribution in [0.25, 0.3) is 0 Å². The molecule has 6 heteroatoms. The summed E-state index contributed by atoms with van der Waals surface area (Å²) in [5, 5.41) is 0. The molecule has 0 saturated carbocycles. The third kappa shape index (κ3) is 5.01. The van der Waals surface area contributed by atoms with Gasteiger partial charge < -0.3 is 5.73 Å². The first kappa shape index (κ1) is 14.9. The highest BCUT2D eigenvalue weighted by Crippen LogP contribution is 2.19. The molecule has 18 heavy (non-hydrogen) atoms. The summed E-state index contributed by atoms with van der Waals surface area (Å²) in [6, 6.07) is 4.90. The predicted octanol–water partition coefficient (Wildman–Crippen LogP) is 2.71. The van der Waals surface area contributed by atoms with E-state index in [2.05, 4.69) is 0 Å². The Hall–Kier alpha value is -1.14. The zero-order valence-corrected chi connectivity index (χ0v) is 10.0. The predicted molar refractivity (Wildman–Crippen MR) is 61.5 cm³/mol. The SMILES string of the molecule is CCN(CC(N)c1ccc(F)cc1)CC(F)(F)F. The zero-order chi connectivity index (χ0) is 13.8. The second kappa shape index (κ2) is 6.15. The molecule has 0 heterocycles. The molecule has 0 amide bonds. The van der Waals surface area contributed by atoms with Gasteiger partial charge in [-0.15, -0.1) is 0 Å². The highest BCUT2D eigenvalue weighted by molar-refractivity contribution is 5.19. The van der Waals surface area contributed by atoms with Crippen LogP contribution in [0.5, 0.6) is 0 Å². The summed E-state index contributed by atoms with van der Waals surface area (Å²) in [6.45, 7) is 0.998. The third-order valence-corrected chi connectivity index (χ3v) is 2.60. The Morgan fingerprint density at radius 2 is 1.78 bits per heavy atom. The number of halogens is 4. The highest BCUT2D eigenvalue weighted by atomic mass is 19.4. The van der Waals surface area contributed by atoms with Crippen LogP contribution < -0.4 is 5.73 Å². The van der Waals surface area contributed by atoms with Gasteiger partial charge >= 0.3 is 6.18 Å². The maximum Gasteiger partial charge on any atom is 0.401 e. The van der Waals surface area contributed by atoms with Gasteiger partial charge in [-0.3, -0.25) is 4.90 Å². The van der Waals surface area contributed by atoms with Crippen LogP contribution in [0.15, 0.2) is 24.3 Å². The van der Waals surface area contributed by atoms with E-state index < -0.39 is 24.6 Å². The first-order valence-electron chi connectivity index (χ1n) is 5.62. The van der Waals surface area contributed by atoms with E-state index in [9.17, 15) is 17.6 Å². The summed E-state index contributed by atoms with van der Waals surface area (Å²) in [5.74, 6) is -0.395. The van der Waals surface area contributed by atoms with Gasteiger partial charge in [0.05, 0.1) is 6.54 Å². The minimum Gasteiger partial charge on any atom is -0.323 e. The van der Waals surface area contributed by atoms with Crippen molar-refractivity contribution in [3.8, 4) is 0 Å². The van der Waals surface area contributed by atoms with Crippen molar-refractivity contribution in [2.45, 2.75) is 19.1 Å². The molecule has 0 aromatic heterocycles. The molecule has 1 atom stereocenters. The number of benzene rings is 1. The molecule has 2 nitrogen and oxygen atoms in total. The number of likely N-dealkylation sites (N-methyl/N-ethyl adjacent to an activating group) is 1. The van der Waals surface area contributed by atoms with E-state index in [0.29, 0.717) is 5.56 Å². The normalized spacial score (nSPS) is 13.9. The van der Waals surface area contributed by atoms with Gasteiger partial charge in [-0.25, -0.2) is 4.39 Å². The maximum absolute atomic E-state index is 12.7. The lowest BCUT2D eigenvalue weighted by atomic mass is 10.1. The Bertz CT molecular complexity index is 361. The van der Waals surface area contributed by atoms with E-state index in [4.69, 9.17) is 5.73 Å². The summed E-state index contributed by atoms with van der Waals surface area (Å²) in [7, 11) is 0. The third-order valence-electron chi connectivity index (χ3n) is 2.60. The zero-order valence-electron chi connectivity index (χ0n) is 10.0. The fourth-order valence-electron chi connectivity index (χ4n) is 1.65. The Morgan fingerprint density at radius 1 is 1.22 bits per heavy atom. The Labute approximate surface area is 103 Å². The van der Waals surface area contributed by atoms with Gasteiger partial charge in [-0.05, 0) is 24.2 Å². The second-order valence-electron chi connectivity index (χ2n) is 4.10. The first-order valence-corrected chi connectivity index (χ1v) is 5.62. The molecular weight excluding hydrogens is 248 g/mol. The van der Waals surface area contributed by atoms with Crippen LogP contribution in [-0.2, 0) is 0 Å². The Balaban J connectivity index is 2.61. The summed E-state index contributed by atoms with van der Waals surface area (Å²) < 4.78 is 49.5. The summed E-state index contributed by atoms with van der Waals surface area (Å²) in [6.07, 6.45) is -4.24.